The zero-order valence-corrected chi connectivity index (χ0v) is 17.6. The number of aromatic nitrogens is 2. The Hall–Kier alpha value is -2.35. The minimum absolute atomic E-state index is 0.243. The van der Waals surface area contributed by atoms with Crippen LogP contribution in [0.5, 0.6) is 11.5 Å². The summed E-state index contributed by atoms with van der Waals surface area (Å²) >= 11 is 3.67. The van der Waals surface area contributed by atoms with Gasteiger partial charge in [-0.25, -0.2) is 0 Å². The maximum absolute atomic E-state index is 5.76. The van der Waals surface area contributed by atoms with Crippen molar-refractivity contribution in [1.29, 1.82) is 0 Å². The van der Waals surface area contributed by atoms with E-state index in [1.165, 1.54) is 0 Å². The lowest BCUT2D eigenvalue weighted by molar-refractivity contribution is 0.263. The Morgan fingerprint density at radius 2 is 1.59 bits per heavy atom. The zero-order chi connectivity index (χ0) is 19.8. The Kier molecular flexibility index (Phi) is 5.03. The van der Waals surface area contributed by atoms with Crippen LogP contribution in [-0.2, 0) is 16.5 Å². The number of hydrogen-bond acceptors (Lipinski definition) is 5. The van der Waals surface area contributed by atoms with Gasteiger partial charge in [-0.3, -0.25) is 4.68 Å². The number of hydrogen-bond donors (Lipinski definition) is 0. The molecule has 2 aliphatic heterocycles. The predicted octanol–water partition coefficient (Wildman–Crippen LogP) is 4.07. The Balaban J connectivity index is 1.32. The van der Waals surface area contributed by atoms with Gasteiger partial charge in [-0.15, -0.1) is 0 Å². The molecule has 3 heterocycles. The second-order valence-corrected chi connectivity index (χ2v) is 8.09. The molecular formula is C22H21BrN2O4. The summed E-state index contributed by atoms with van der Waals surface area (Å²) in [4.78, 5) is 0. The molecule has 6 nitrogen and oxygen atoms in total. The van der Waals surface area contributed by atoms with Crippen LogP contribution in [-0.4, -0.2) is 48.4 Å². The second-order valence-electron chi connectivity index (χ2n) is 7.24. The highest BCUT2D eigenvalue weighted by Gasteiger charge is 2.24. The van der Waals surface area contributed by atoms with E-state index in [0.717, 1.165) is 51.7 Å². The van der Waals surface area contributed by atoms with Gasteiger partial charge in [0.2, 0.25) is 0 Å². The molecule has 0 radical (unpaired) electrons. The largest absolute Gasteiger partial charge is 0.491 e. The maximum Gasteiger partial charge on any atom is 0.120 e. The maximum atomic E-state index is 5.76. The quantitative estimate of drug-likeness (QED) is 0.478. The van der Waals surface area contributed by atoms with Crippen molar-refractivity contribution in [3.8, 4) is 34.0 Å². The van der Waals surface area contributed by atoms with Crippen LogP contribution in [0.4, 0.5) is 0 Å². The van der Waals surface area contributed by atoms with E-state index in [1.807, 2.05) is 54.2 Å². The molecule has 0 saturated carbocycles. The van der Waals surface area contributed by atoms with Crippen LogP contribution in [0.15, 0.2) is 53.0 Å². The van der Waals surface area contributed by atoms with Crippen molar-refractivity contribution < 1.29 is 18.9 Å². The SMILES string of the molecule is Cn1nc(-c2ccc(OCC3CO3)cc2)cc1-c1ccc(OCC2CO2)cc1Br. The van der Waals surface area contributed by atoms with Gasteiger partial charge in [0, 0.05) is 22.6 Å². The molecule has 0 N–H and O–H groups in total. The molecule has 2 atom stereocenters. The van der Waals surface area contributed by atoms with Gasteiger partial charge < -0.3 is 18.9 Å². The first-order chi connectivity index (χ1) is 14.2. The Morgan fingerprint density at radius 3 is 2.21 bits per heavy atom. The van der Waals surface area contributed by atoms with Crippen LogP contribution in [0.25, 0.3) is 22.5 Å². The first kappa shape index (κ1) is 18.7. The van der Waals surface area contributed by atoms with Gasteiger partial charge in [0.15, 0.2) is 0 Å². The van der Waals surface area contributed by atoms with Crippen LogP contribution in [0.3, 0.4) is 0 Å². The fraction of sp³-hybridized carbons (Fsp3) is 0.318. The second kappa shape index (κ2) is 7.82. The third kappa shape index (κ3) is 4.47. The van der Waals surface area contributed by atoms with E-state index in [1.54, 1.807) is 0 Å². The minimum atomic E-state index is 0.243. The van der Waals surface area contributed by atoms with Crippen molar-refractivity contribution in [1.82, 2.24) is 9.78 Å². The molecule has 2 aromatic carbocycles. The summed E-state index contributed by atoms with van der Waals surface area (Å²) in [5, 5.41) is 4.69. The molecule has 2 unspecified atom stereocenters. The molecule has 0 bridgehead atoms. The van der Waals surface area contributed by atoms with E-state index in [-0.39, 0.29) is 12.2 Å². The smallest absolute Gasteiger partial charge is 0.120 e. The predicted molar refractivity (Wildman–Crippen MR) is 112 cm³/mol. The molecule has 7 heteroatoms. The monoisotopic (exact) mass is 456 g/mol. The summed E-state index contributed by atoms with van der Waals surface area (Å²) in [6.45, 7) is 2.79. The van der Waals surface area contributed by atoms with Gasteiger partial charge in [0.1, 0.15) is 36.9 Å². The van der Waals surface area contributed by atoms with E-state index in [4.69, 9.17) is 18.9 Å². The average molecular weight is 457 g/mol. The molecule has 1 aromatic heterocycles. The molecule has 2 aliphatic rings. The molecule has 2 saturated heterocycles. The molecule has 29 heavy (non-hydrogen) atoms. The van der Waals surface area contributed by atoms with Gasteiger partial charge in [-0.05, 0) is 64.5 Å². The van der Waals surface area contributed by atoms with Gasteiger partial charge in [-0.2, -0.15) is 5.10 Å². The summed E-state index contributed by atoms with van der Waals surface area (Å²) in [6.07, 6.45) is 0.497. The fourth-order valence-electron chi connectivity index (χ4n) is 3.08. The number of aryl methyl sites for hydroxylation is 1. The summed E-state index contributed by atoms with van der Waals surface area (Å²) in [5.74, 6) is 1.67. The number of benzene rings is 2. The van der Waals surface area contributed by atoms with Gasteiger partial charge >= 0.3 is 0 Å². The molecule has 3 aromatic rings. The van der Waals surface area contributed by atoms with E-state index in [2.05, 4.69) is 27.1 Å². The normalized spacial score (nSPS) is 19.8. The lowest BCUT2D eigenvalue weighted by Crippen LogP contribution is -2.04. The summed E-state index contributed by atoms with van der Waals surface area (Å²) in [5.41, 5.74) is 4.04. The number of nitrogens with zero attached hydrogens (tertiary/aromatic N) is 2. The standard InChI is InChI=1S/C22H21BrN2O4/c1-25-22(19-7-6-16(8-20(19)23)27-11-18-13-29-18)9-21(24-25)14-2-4-15(5-3-14)26-10-17-12-28-17/h2-9,17-18H,10-13H2,1H3. The molecule has 0 amide bonds. The van der Waals surface area contributed by atoms with Crippen molar-refractivity contribution in [2.75, 3.05) is 26.4 Å². The van der Waals surface area contributed by atoms with Crippen LogP contribution >= 0.6 is 15.9 Å². The third-order valence-corrected chi connectivity index (χ3v) is 5.58. The molecule has 150 valence electrons. The average Bonchev–Trinajstić information content (AvgIpc) is 3.65. The van der Waals surface area contributed by atoms with Crippen LogP contribution in [0, 0.1) is 0 Å². The topological polar surface area (TPSA) is 61.3 Å². The van der Waals surface area contributed by atoms with Gasteiger partial charge in [-0.1, -0.05) is 0 Å². The lowest BCUT2D eigenvalue weighted by atomic mass is 10.1. The third-order valence-electron chi connectivity index (χ3n) is 4.92. The van der Waals surface area contributed by atoms with Crippen LogP contribution < -0.4 is 9.47 Å². The van der Waals surface area contributed by atoms with Gasteiger partial charge in [0.25, 0.3) is 0 Å². The fourth-order valence-corrected chi connectivity index (χ4v) is 3.64. The van der Waals surface area contributed by atoms with E-state index >= 15 is 0 Å². The van der Waals surface area contributed by atoms with Gasteiger partial charge in [0.05, 0.1) is 24.6 Å². The molecule has 5 rings (SSSR count). The summed E-state index contributed by atoms with van der Waals surface area (Å²) in [6, 6.07) is 16.1. The zero-order valence-electron chi connectivity index (χ0n) is 16.0. The molecule has 0 aliphatic carbocycles. The highest BCUT2D eigenvalue weighted by Crippen LogP contribution is 2.34. The lowest BCUT2D eigenvalue weighted by Gasteiger charge is -2.08. The summed E-state index contributed by atoms with van der Waals surface area (Å²) in [7, 11) is 1.95. The van der Waals surface area contributed by atoms with E-state index in [0.29, 0.717) is 13.2 Å². The van der Waals surface area contributed by atoms with Crippen molar-refractivity contribution in [2.24, 2.45) is 7.05 Å². The first-order valence-corrected chi connectivity index (χ1v) is 10.4. The Morgan fingerprint density at radius 1 is 0.966 bits per heavy atom. The van der Waals surface area contributed by atoms with Crippen molar-refractivity contribution in [3.63, 3.8) is 0 Å². The summed E-state index contributed by atoms with van der Waals surface area (Å²) < 4.78 is 24.7. The number of rotatable bonds is 8. The Bertz CT molecular complexity index is 1010. The number of halogens is 1. The van der Waals surface area contributed by atoms with Crippen molar-refractivity contribution in [2.45, 2.75) is 12.2 Å². The number of epoxide rings is 2. The van der Waals surface area contributed by atoms with Crippen molar-refractivity contribution >= 4 is 15.9 Å². The minimum Gasteiger partial charge on any atom is -0.491 e. The van der Waals surface area contributed by atoms with E-state index in [9.17, 15) is 0 Å². The number of ether oxygens (including phenoxy) is 4. The molecule has 0 spiro atoms. The first-order valence-electron chi connectivity index (χ1n) is 9.59. The van der Waals surface area contributed by atoms with Crippen molar-refractivity contribution in [3.05, 3.63) is 53.0 Å². The van der Waals surface area contributed by atoms with Crippen LogP contribution in [0.1, 0.15) is 0 Å². The van der Waals surface area contributed by atoms with Crippen LogP contribution in [0.2, 0.25) is 0 Å². The Labute approximate surface area is 177 Å². The highest BCUT2D eigenvalue weighted by molar-refractivity contribution is 9.10. The van der Waals surface area contributed by atoms with E-state index < -0.39 is 0 Å². The highest BCUT2D eigenvalue weighted by atomic mass is 79.9. The molecule has 2 fully saturated rings. The molecular weight excluding hydrogens is 436 g/mol.